The van der Waals surface area contributed by atoms with Crippen LogP contribution in [-0.2, 0) is 0 Å². The Morgan fingerprint density at radius 3 is 2.88 bits per heavy atom. The molecule has 2 aromatic heterocycles. The number of likely N-dealkylation sites (tertiary alicyclic amines) is 1. The number of piperidine rings is 1. The van der Waals surface area contributed by atoms with E-state index in [9.17, 15) is 4.79 Å². The molecule has 0 saturated carbocycles. The first-order valence-corrected chi connectivity index (χ1v) is 8.62. The molecule has 1 atom stereocenters. The molecule has 1 unspecified atom stereocenters. The van der Waals surface area contributed by atoms with E-state index in [1.165, 1.54) is 0 Å². The Morgan fingerprint density at radius 1 is 1.24 bits per heavy atom. The Bertz CT molecular complexity index is 889. The van der Waals surface area contributed by atoms with Gasteiger partial charge in [-0.25, -0.2) is 9.50 Å². The van der Waals surface area contributed by atoms with Crippen LogP contribution in [0.4, 0.5) is 0 Å². The van der Waals surface area contributed by atoms with Gasteiger partial charge in [-0.15, -0.1) is 0 Å². The van der Waals surface area contributed by atoms with Gasteiger partial charge in [-0.2, -0.15) is 5.10 Å². The van der Waals surface area contributed by atoms with Crippen molar-refractivity contribution in [2.75, 3.05) is 20.1 Å². The number of likely N-dealkylation sites (N-methyl/N-ethyl adjacent to an activating group) is 1. The first kappa shape index (κ1) is 15.8. The van der Waals surface area contributed by atoms with Gasteiger partial charge in [-0.05, 0) is 26.0 Å². The van der Waals surface area contributed by atoms with Crippen molar-refractivity contribution in [3.63, 3.8) is 0 Å². The maximum atomic E-state index is 13.0. The lowest BCUT2D eigenvalue weighted by atomic mass is 10.1. The summed E-state index contributed by atoms with van der Waals surface area (Å²) in [4.78, 5) is 19.3. The number of carbonyl (C=O) groups is 1. The molecule has 25 heavy (non-hydrogen) atoms. The summed E-state index contributed by atoms with van der Waals surface area (Å²) in [5.41, 5.74) is 3.15. The molecule has 1 amide bonds. The Kier molecular flexibility index (Phi) is 4.19. The zero-order valence-corrected chi connectivity index (χ0v) is 14.2. The van der Waals surface area contributed by atoms with Crippen molar-refractivity contribution in [3.8, 4) is 11.3 Å². The van der Waals surface area contributed by atoms with Crippen LogP contribution in [0.5, 0.6) is 0 Å². The highest BCUT2D eigenvalue weighted by Gasteiger charge is 2.26. The summed E-state index contributed by atoms with van der Waals surface area (Å²) in [6.45, 7) is 1.51. The number of rotatable bonds is 3. The van der Waals surface area contributed by atoms with Gasteiger partial charge in [0.25, 0.3) is 5.91 Å². The van der Waals surface area contributed by atoms with Gasteiger partial charge in [-0.1, -0.05) is 30.3 Å². The predicted molar refractivity (Wildman–Crippen MR) is 96.4 cm³/mol. The first-order chi connectivity index (χ1) is 12.3. The van der Waals surface area contributed by atoms with Gasteiger partial charge in [0.1, 0.15) is 5.56 Å². The third-order valence-corrected chi connectivity index (χ3v) is 4.82. The number of amides is 1. The molecule has 6 nitrogen and oxygen atoms in total. The molecule has 0 radical (unpaired) electrons. The van der Waals surface area contributed by atoms with Gasteiger partial charge in [0, 0.05) is 30.9 Å². The molecule has 1 N–H and O–H groups in total. The van der Waals surface area contributed by atoms with Crippen molar-refractivity contribution in [2.45, 2.75) is 18.9 Å². The Hall–Kier alpha value is -2.73. The molecule has 4 rings (SSSR count). The fraction of sp³-hybridized carbons (Fsp3) is 0.316. The van der Waals surface area contributed by atoms with E-state index in [4.69, 9.17) is 0 Å². The summed E-state index contributed by atoms with van der Waals surface area (Å²) in [7, 11) is 1.95. The fourth-order valence-corrected chi connectivity index (χ4v) is 3.44. The van der Waals surface area contributed by atoms with E-state index in [0.29, 0.717) is 17.3 Å². The van der Waals surface area contributed by atoms with Gasteiger partial charge in [-0.3, -0.25) is 4.79 Å². The molecular weight excluding hydrogens is 314 g/mol. The quantitative estimate of drug-likeness (QED) is 0.797. The minimum absolute atomic E-state index is 0.00709. The number of hydrogen-bond donors (Lipinski definition) is 1. The topological polar surface area (TPSA) is 62.5 Å². The number of benzene rings is 1. The highest BCUT2D eigenvalue weighted by molar-refractivity contribution is 6.00. The third-order valence-electron chi connectivity index (χ3n) is 4.82. The van der Waals surface area contributed by atoms with Crippen LogP contribution in [0, 0.1) is 0 Å². The number of nitrogens with one attached hydrogen (secondary N) is 1. The van der Waals surface area contributed by atoms with Crippen LogP contribution in [0.3, 0.4) is 0 Å². The maximum absolute atomic E-state index is 13.0. The summed E-state index contributed by atoms with van der Waals surface area (Å²) in [6.07, 6.45) is 5.49. The molecular formula is C19H21N5O. The van der Waals surface area contributed by atoms with E-state index in [1.54, 1.807) is 16.9 Å². The smallest absolute Gasteiger partial charge is 0.259 e. The molecule has 128 valence electrons. The number of hydrogen-bond acceptors (Lipinski definition) is 4. The van der Waals surface area contributed by atoms with Crippen LogP contribution in [0.15, 0.2) is 48.8 Å². The number of aromatic nitrogens is 3. The largest absolute Gasteiger partial charge is 0.337 e. The molecule has 0 spiro atoms. The molecule has 1 aliphatic rings. The van der Waals surface area contributed by atoms with E-state index in [1.807, 2.05) is 48.3 Å². The van der Waals surface area contributed by atoms with Crippen LogP contribution in [0.1, 0.15) is 23.2 Å². The van der Waals surface area contributed by atoms with Gasteiger partial charge in [0.05, 0.1) is 11.9 Å². The second-order valence-corrected chi connectivity index (χ2v) is 6.37. The Labute approximate surface area is 146 Å². The Balaban J connectivity index is 1.71. The monoisotopic (exact) mass is 335 g/mol. The summed E-state index contributed by atoms with van der Waals surface area (Å²) >= 11 is 0. The fourth-order valence-electron chi connectivity index (χ4n) is 3.44. The van der Waals surface area contributed by atoms with Crippen molar-refractivity contribution >= 4 is 11.6 Å². The number of nitrogens with zero attached hydrogens (tertiary/aromatic N) is 4. The van der Waals surface area contributed by atoms with Crippen LogP contribution in [0.2, 0.25) is 0 Å². The third kappa shape index (κ3) is 2.89. The van der Waals surface area contributed by atoms with Crippen molar-refractivity contribution in [1.82, 2.24) is 24.8 Å². The minimum atomic E-state index is 0.00709. The standard InChI is InChI=1S/C19H21N5O/c1-20-15-8-5-11-23(13-15)19(25)16-12-22-24-17(9-10-21-18(16)24)14-6-3-2-4-7-14/h2-4,6-7,9-10,12,15,20H,5,8,11,13H2,1H3. The lowest BCUT2D eigenvalue weighted by Crippen LogP contribution is -2.46. The maximum Gasteiger partial charge on any atom is 0.259 e. The zero-order chi connectivity index (χ0) is 17.2. The van der Waals surface area contributed by atoms with Gasteiger partial charge >= 0.3 is 0 Å². The van der Waals surface area contributed by atoms with Crippen LogP contribution in [0.25, 0.3) is 16.9 Å². The molecule has 0 aliphatic carbocycles. The molecule has 1 aromatic carbocycles. The molecule has 1 aliphatic heterocycles. The van der Waals surface area contributed by atoms with Crippen LogP contribution >= 0.6 is 0 Å². The SMILES string of the molecule is CNC1CCCN(C(=O)c2cnn3c(-c4ccccc4)ccnc23)C1. The molecule has 3 aromatic rings. The van der Waals surface area contributed by atoms with E-state index >= 15 is 0 Å². The van der Waals surface area contributed by atoms with Gasteiger partial charge < -0.3 is 10.2 Å². The summed E-state index contributed by atoms with van der Waals surface area (Å²) in [5, 5.41) is 7.71. The predicted octanol–water partition coefficient (Wildman–Crippen LogP) is 2.22. The van der Waals surface area contributed by atoms with E-state index in [2.05, 4.69) is 15.4 Å². The summed E-state index contributed by atoms with van der Waals surface area (Å²) in [6, 6.07) is 12.3. The van der Waals surface area contributed by atoms with Crippen molar-refractivity contribution in [2.24, 2.45) is 0 Å². The van der Waals surface area contributed by atoms with Gasteiger partial charge in [0.15, 0.2) is 5.65 Å². The molecule has 6 heteroatoms. The normalized spacial score (nSPS) is 17.8. The van der Waals surface area contributed by atoms with E-state index < -0.39 is 0 Å². The van der Waals surface area contributed by atoms with Crippen molar-refractivity contribution < 1.29 is 4.79 Å². The molecule has 1 saturated heterocycles. The zero-order valence-electron chi connectivity index (χ0n) is 14.2. The van der Waals surface area contributed by atoms with Crippen LogP contribution < -0.4 is 5.32 Å². The minimum Gasteiger partial charge on any atom is -0.337 e. The van der Waals surface area contributed by atoms with Crippen molar-refractivity contribution in [3.05, 3.63) is 54.4 Å². The number of carbonyl (C=O) groups excluding carboxylic acids is 1. The highest BCUT2D eigenvalue weighted by Crippen LogP contribution is 2.22. The summed E-state index contributed by atoms with van der Waals surface area (Å²) < 4.78 is 1.75. The molecule has 3 heterocycles. The van der Waals surface area contributed by atoms with Crippen molar-refractivity contribution in [1.29, 1.82) is 0 Å². The molecule has 0 bridgehead atoms. The highest BCUT2D eigenvalue weighted by atomic mass is 16.2. The average Bonchev–Trinajstić information content (AvgIpc) is 3.12. The Morgan fingerprint density at radius 2 is 2.08 bits per heavy atom. The second kappa shape index (κ2) is 6.64. The van der Waals surface area contributed by atoms with Crippen LogP contribution in [-0.4, -0.2) is 51.6 Å². The van der Waals surface area contributed by atoms with E-state index in [-0.39, 0.29) is 5.91 Å². The lowest BCUT2D eigenvalue weighted by molar-refractivity contribution is 0.0700. The number of fused-ring (bicyclic) bond motifs is 1. The second-order valence-electron chi connectivity index (χ2n) is 6.37. The summed E-state index contributed by atoms with van der Waals surface area (Å²) in [5.74, 6) is 0.00709. The molecule has 1 fully saturated rings. The first-order valence-electron chi connectivity index (χ1n) is 8.62. The lowest BCUT2D eigenvalue weighted by Gasteiger charge is -2.32. The van der Waals surface area contributed by atoms with E-state index in [0.717, 1.165) is 37.2 Å². The van der Waals surface area contributed by atoms with Gasteiger partial charge in [0.2, 0.25) is 0 Å². The average molecular weight is 335 g/mol.